The molecule has 33 heavy (non-hydrogen) atoms. The molecule has 0 spiro atoms. The van der Waals surface area contributed by atoms with Crippen molar-refractivity contribution in [2.75, 3.05) is 20.7 Å². The molecule has 0 saturated carbocycles. The second-order valence-corrected chi connectivity index (χ2v) is 7.77. The number of methoxy groups -OCH3 is 1. The molecule has 0 aromatic heterocycles. The summed E-state index contributed by atoms with van der Waals surface area (Å²) in [7, 11) is 3.27. The molecule has 1 atom stereocenters. The number of rotatable bonds is 7. The van der Waals surface area contributed by atoms with Gasteiger partial charge in [0.25, 0.3) is 5.91 Å². The zero-order valence-corrected chi connectivity index (χ0v) is 18.2. The number of fused-ring (bicyclic) bond motifs is 1. The Morgan fingerprint density at radius 3 is 2.61 bits per heavy atom. The molecule has 0 radical (unpaired) electrons. The van der Waals surface area contributed by atoms with Gasteiger partial charge in [0.2, 0.25) is 5.91 Å². The lowest BCUT2D eigenvalue weighted by Crippen LogP contribution is -2.61. The van der Waals surface area contributed by atoms with Gasteiger partial charge in [0.15, 0.2) is 0 Å². The molecule has 1 fully saturated rings. The lowest BCUT2D eigenvalue weighted by molar-refractivity contribution is -0.134. The van der Waals surface area contributed by atoms with Crippen LogP contribution in [-0.4, -0.2) is 59.4 Å². The van der Waals surface area contributed by atoms with Crippen LogP contribution in [0.4, 0.5) is 9.18 Å². The van der Waals surface area contributed by atoms with Crippen molar-refractivity contribution in [1.82, 2.24) is 25.6 Å². The fourth-order valence-electron chi connectivity index (χ4n) is 3.75. The van der Waals surface area contributed by atoms with Crippen molar-refractivity contribution in [3.8, 4) is 5.75 Å². The summed E-state index contributed by atoms with van der Waals surface area (Å²) in [6.45, 7) is -0.0280. The summed E-state index contributed by atoms with van der Waals surface area (Å²) in [4.78, 5) is 41.3. The van der Waals surface area contributed by atoms with Crippen molar-refractivity contribution in [2.24, 2.45) is 0 Å². The van der Waals surface area contributed by atoms with Crippen LogP contribution in [0.25, 0.3) is 0 Å². The van der Waals surface area contributed by atoms with Gasteiger partial charge in [-0.1, -0.05) is 24.3 Å². The zero-order chi connectivity index (χ0) is 23.5. The smallest absolute Gasteiger partial charge is 0.331 e. The number of imide groups is 1. The summed E-state index contributed by atoms with van der Waals surface area (Å²) >= 11 is 0. The first-order valence-corrected chi connectivity index (χ1v) is 10.3. The van der Waals surface area contributed by atoms with Crippen molar-refractivity contribution >= 4 is 17.8 Å². The summed E-state index contributed by atoms with van der Waals surface area (Å²) in [5.74, 6) is -0.547. The van der Waals surface area contributed by atoms with Crippen LogP contribution in [0.3, 0.4) is 0 Å². The maximum atomic E-state index is 13.3. The Balaban J connectivity index is 1.49. The Bertz CT molecular complexity index is 1100. The third-order valence-corrected chi connectivity index (χ3v) is 5.42. The van der Waals surface area contributed by atoms with E-state index in [0.717, 1.165) is 10.5 Å². The molecule has 2 N–H and O–H groups in total. The number of hydrogen-bond acceptors (Lipinski definition) is 6. The number of amides is 4. The molecular formula is C23H24FN5O4. The van der Waals surface area contributed by atoms with E-state index in [1.807, 2.05) is 18.2 Å². The number of hydrogen-bond donors (Lipinski definition) is 2. The second-order valence-electron chi connectivity index (χ2n) is 7.77. The Hall–Kier alpha value is -3.92. The number of carbonyl (C=O) groups is 3. The van der Waals surface area contributed by atoms with Gasteiger partial charge in [0.05, 0.1) is 19.4 Å². The predicted octanol–water partition coefficient (Wildman–Crippen LogP) is 1.57. The van der Waals surface area contributed by atoms with Gasteiger partial charge in [0, 0.05) is 19.8 Å². The lowest BCUT2D eigenvalue weighted by atomic mass is 10.1. The summed E-state index contributed by atoms with van der Waals surface area (Å²) in [6, 6.07) is 11.5. The van der Waals surface area contributed by atoms with Crippen molar-refractivity contribution in [2.45, 2.75) is 19.1 Å². The van der Waals surface area contributed by atoms with Gasteiger partial charge >= 0.3 is 6.03 Å². The molecule has 2 aromatic carbocycles. The van der Waals surface area contributed by atoms with Crippen molar-refractivity contribution in [3.05, 3.63) is 77.4 Å². The fraction of sp³-hybridized carbons (Fsp3) is 0.261. The largest absolute Gasteiger partial charge is 0.497 e. The van der Waals surface area contributed by atoms with E-state index in [1.165, 1.54) is 29.2 Å². The van der Waals surface area contributed by atoms with Crippen molar-refractivity contribution < 1.29 is 23.5 Å². The van der Waals surface area contributed by atoms with Crippen LogP contribution in [0, 0.1) is 5.82 Å². The number of halogens is 1. The van der Waals surface area contributed by atoms with Gasteiger partial charge in [-0.25, -0.2) is 14.6 Å². The van der Waals surface area contributed by atoms with E-state index in [-0.39, 0.29) is 25.5 Å². The molecule has 172 valence electrons. The molecule has 0 bridgehead atoms. The molecule has 2 aromatic rings. The standard InChI is InChI=1S/C23H24FN5O4/c1-27-13-19-21(26-27)22(31)29(12-15-6-8-17(24)9-7-15)23(32)28(19)14-20(30)25-11-16-4-3-5-18(10-16)33-2/h3-10,13,21,26H,11-12,14H2,1-2H3,(H,25,30). The van der Waals surface area contributed by atoms with Crippen LogP contribution in [0.2, 0.25) is 0 Å². The highest BCUT2D eigenvalue weighted by molar-refractivity contribution is 6.04. The van der Waals surface area contributed by atoms with E-state index in [0.29, 0.717) is 17.0 Å². The molecular weight excluding hydrogens is 429 g/mol. The maximum Gasteiger partial charge on any atom is 0.331 e. The fourth-order valence-corrected chi connectivity index (χ4v) is 3.75. The summed E-state index contributed by atoms with van der Waals surface area (Å²) < 4.78 is 18.4. The van der Waals surface area contributed by atoms with E-state index in [4.69, 9.17) is 4.74 Å². The van der Waals surface area contributed by atoms with Crippen LogP contribution < -0.4 is 15.5 Å². The monoisotopic (exact) mass is 453 g/mol. The van der Waals surface area contributed by atoms with Crippen molar-refractivity contribution in [1.29, 1.82) is 0 Å². The molecule has 1 saturated heterocycles. The van der Waals surface area contributed by atoms with E-state index in [1.54, 1.807) is 31.4 Å². The molecule has 4 amide bonds. The summed E-state index contributed by atoms with van der Waals surface area (Å²) in [5.41, 5.74) is 4.82. The Kier molecular flexibility index (Phi) is 6.27. The van der Waals surface area contributed by atoms with Crippen LogP contribution in [-0.2, 0) is 22.7 Å². The summed E-state index contributed by atoms with van der Waals surface area (Å²) in [6.07, 6.45) is 1.62. The van der Waals surface area contributed by atoms with E-state index in [2.05, 4.69) is 10.7 Å². The highest BCUT2D eigenvalue weighted by Crippen LogP contribution is 2.26. The van der Waals surface area contributed by atoms with Gasteiger partial charge in [-0.05, 0) is 35.4 Å². The maximum absolute atomic E-state index is 13.3. The number of hydrazine groups is 1. The van der Waals surface area contributed by atoms with Crippen LogP contribution in [0.15, 0.2) is 60.4 Å². The highest BCUT2D eigenvalue weighted by atomic mass is 19.1. The minimum atomic E-state index is -0.792. The first-order valence-electron chi connectivity index (χ1n) is 10.3. The van der Waals surface area contributed by atoms with Gasteiger partial charge in [-0.15, -0.1) is 0 Å². The van der Waals surface area contributed by atoms with Crippen LogP contribution in [0.1, 0.15) is 11.1 Å². The normalized spacial score (nSPS) is 17.7. The number of nitrogens with zero attached hydrogens (tertiary/aromatic N) is 3. The summed E-state index contributed by atoms with van der Waals surface area (Å²) in [5, 5.41) is 4.37. The quantitative estimate of drug-likeness (QED) is 0.661. The molecule has 2 aliphatic heterocycles. The van der Waals surface area contributed by atoms with Crippen LogP contribution in [0.5, 0.6) is 5.75 Å². The van der Waals surface area contributed by atoms with Gasteiger partial charge in [-0.2, -0.15) is 0 Å². The number of benzene rings is 2. The number of carbonyl (C=O) groups excluding carboxylic acids is 3. The van der Waals surface area contributed by atoms with Gasteiger partial charge in [-0.3, -0.25) is 19.4 Å². The predicted molar refractivity (Wildman–Crippen MR) is 117 cm³/mol. The molecule has 9 nitrogen and oxygen atoms in total. The molecule has 0 aliphatic carbocycles. The number of nitrogens with one attached hydrogen (secondary N) is 2. The average Bonchev–Trinajstić information content (AvgIpc) is 3.21. The average molecular weight is 453 g/mol. The third-order valence-electron chi connectivity index (χ3n) is 5.42. The van der Waals surface area contributed by atoms with Crippen molar-refractivity contribution in [3.63, 3.8) is 0 Å². The Morgan fingerprint density at radius 1 is 1.12 bits per heavy atom. The molecule has 2 heterocycles. The first-order chi connectivity index (χ1) is 15.9. The number of urea groups is 1. The SMILES string of the molecule is COc1cccc(CNC(=O)CN2C(=O)N(Cc3ccc(F)cc3)C(=O)C3NN(C)C=C32)c1. The molecule has 2 aliphatic rings. The van der Waals surface area contributed by atoms with Crippen LogP contribution >= 0.6 is 0 Å². The lowest BCUT2D eigenvalue weighted by Gasteiger charge is -2.37. The zero-order valence-electron chi connectivity index (χ0n) is 18.2. The Labute approximate surface area is 190 Å². The van der Waals surface area contributed by atoms with E-state index in [9.17, 15) is 18.8 Å². The third kappa shape index (κ3) is 4.80. The minimum Gasteiger partial charge on any atom is -0.497 e. The van der Waals surface area contributed by atoms with E-state index >= 15 is 0 Å². The minimum absolute atomic E-state index is 0.0327. The molecule has 10 heteroatoms. The molecule has 1 unspecified atom stereocenters. The van der Waals surface area contributed by atoms with E-state index < -0.39 is 23.8 Å². The topological polar surface area (TPSA) is 94.2 Å². The number of ether oxygens (including phenoxy) is 1. The first kappa shape index (κ1) is 22.3. The highest BCUT2D eigenvalue weighted by Gasteiger charge is 2.46. The second kappa shape index (κ2) is 9.29. The Morgan fingerprint density at radius 2 is 1.88 bits per heavy atom. The molecule has 4 rings (SSSR count). The van der Waals surface area contributed by atoms with Gasteiger partial charge < -0.3 is 15.1 Å². The van der Waals surface area contributed by atoms with Gasteiger partial charge in [0.1, 0.15) is 24.2 Å².